The first-order chi connectivity index (χ1) is 15.6. The number of methoxy groups -OCH3 is 1. The first-order valence-electron chi connectivity index (χ1n) is 10.8. The quantitative estimate of drug-likeness (QED) is 0.434. The Bertz CT molecular complexity index is 1340. The fourth-order valence-corrected chi connectivity index (χ4v) is 6.31. The summed E-state index contributed by atoms with van der Waals surface area (Å²) in [5, 5.41) is 1.20. The molecule has 7 nitrogen and oxygen atoms in total. The number of nitrogens with zero attached hydrogens (tertiary/aromatic N) is 4. The molecule has 3 aromatic heterocycles. The van der Waals surface area contributed by atoms with Gasteiger partial charge in [-0.1, -0.05) is 29.9 Å². The van der Waals surface area contributed by atoms with Crippen molar-refractivity contribution in [1.29, 1.82) is 0 Å². The number of carbonyl (C=O) groups excluding carboxylic acids is 1. The number of fused-ring (bicyclic) bond motifs is 3. The van der Waals surface area contributed by atoms with Gasteiger partial charge in [0.2, 0.25) is 0 Å². The SMILES string of the molecule is COCCN(C(=O)c1sc2nc3n(c(=O)c2c1C)CCCCC3)c1nc2ccccc2s1. The van der Waals surface area contributed by atoms with E-state index < -0.39 is 0 Å². The number of hydrogen-bond donors (Lipinski definition) is 0. The highest BCUT2D eigenvalue weighted by Crippen LogP contribution is 2.33. The fraction of sp³-hybridized carbons (Fsp3) is 0.391. The maximum Gasteiger partial charge on any atom is 0.270 e. The highest BCUT2D eigenvalue weighted by atomic mass is 32.1. The largest absolute Gasteiger partial charge is 0.383 e. The summed E-state index contributed by atoms with van der Waals surface area (Å²) in [5.41, 5.74) is 1.54. The summed E-state index contributed by atoms with van der Waals surface area (Å²) in [7, 11) is 1.61. The van der Waals surface area contributed by atoms with Crippen molar-refractivity contribution in [3.8, 4) is 0 Å². The zero-order valence-corrected chi connectivity index (χ0v) is 19.7. The Kier molecular flexibility index (Phi) is 5.79. The van der Waals surface area contributed by atoms with Gasteiger partial charge in [0.05, 0.1) is 33.6 Å². The van der Waals surface area contributed by atoms with Crippen LogP contribution in [0.1, 0.15) is 40.3 Å². The molecule has 0 spiro atoms. The number of benzene rings is 1. The molecule has 1 amide bonds. The number of thiazole rings is 1. The van der Waals surface area contributed by atoms with E-state index in [1.165, 1.54) is 22.7 Å². The van der Waals surface area contributed by atoms with E-state index >= 15 is 0 Å². The number of aromatic nitrogens is 3. The molecule has 32 heavy (non-hydrogen) atoms. The van der Waals surface area contributed by atoms with Crippen molar-refractivity contribution in [3.05, 3.63) is 50.9 Å². The number of hydrogen-bond acceptors (Lipinski definition) is 7. The van der Waals surface area contributed by atoms with E-state index in [4.69, 9.17) is 9.72 Å². The molecule has 4 aromatic rings. The van der Waals surface area contributed by atoms with Crippen LogP contribution in [0.2, 0.25) is 0 Å². The molecule has 0 atom stereocenters. The maximum atomic E-state index is 13.7. The molecule has 0 aliphatic carbocycles. The Labute approximate surface area is 193 Å². The Morgan fingerprint density at radius 2 is 2.03 bits per heavy atom. The minimum absolute atomic E-state index is 0.0249. The zero-order valence-electron chi connectivity index (χ0n) is 18.1. The maximum absolute atomic E-state index is 13.7. The van der Waals surface area contributed by atoms with Gasteiger partial charge in [0, 0.05) is 20.1 Å². The van der Waals surface area contributed by atoms with Crippen LogP contribution in [0.3, 0.4) is 0 Å². The molecule has 166 valence electrons. The van der Waals surface area contributed by atoms with E-state index in [0.717, 1.165) is 41.7 Å². The molecule has 0 saturated heterocycles. The predicted molar refractivity (Wildman–Crippen MR) is 129 cm³/mol. The van der Waals surface area contributed by atoms with Crippen molar-refractivity contribution in [3.63, 3.8) is 0 Å². The molecule has 1 aliphatic heterocycles. The van der Waals surface area contributed by atoms with Gasteiger partial charge in [-0.05, 0) is 37.5 Å². The third-order valence-electron chi connectivity index (χ3n) is 5.88. The highest BCUT2D eigenvalue weighted by Gasteiger charge is 2.27. The first kappa shape index (κ1) is 21.2. The molecule has 0 radical (unpaired) electrons. The topological polar surface area (TPSA) is 77.3 Å². The molecule has 0 unspecified atom stereocenters. The van der Waals surface area contributed by atoms with Crippen molar-refractivity contribution in [2.45, 2.75) is 39.2 Å². The lowest BCUT2D eigenvalue weighted by molar-refractivity contribution is 0.0979. The standard InChI is InChI=1S/C23H24N4O3S2/c1-14-18-20(25-17-10-4-3-7-11-26(17)21(18)28)32-19(14)22(29)27(12-13-30-2)23-24-15-8-5-6-9-16(15)31-23/h5-6,8-9H,3-4,7,10-13H2,1-2H3. The smallest absolute Gasteiger partial charge is 0.270 e. The summed E-state index contributed by atoms with van der Waals surface area (Å²) in [6.45, 7) is 3.32. The van der Waals surface area contributed by atoms with Crippen molar-refractivity contribution in [2.75, 3.05) is 25.2 Å². The Morgan fingerprint density at radius 3 is 2.84 bits per heavy atom. The van der Waals surface area contributed by atoms with Crippen molar-refractivity contribution >= 4 is 54.1 Å². The molecule has 0 N–H and O–H groups in total. The van der Waals surface area contributed by atoms with Gasteiger partial charge in [-0.3, -0.25) is 19.1 Å². The van der Waals surface area contributed by atoms with Crippen LogP contribution in [0.5, 0.6) is 0 Å². The number of rotatable bonds is 5. The monoisotopic (exact) mass is 468 g/mol. The van der Waals surface area contributed by atoms with Crippen LogP contribution in [0.25, 0.3) is 20.4 Å². The van der Waals surface area contributed by atoms with Crippen LogP contribution < -0.4 is 10.5 Å². The summed E-state index contributed by atoms with van der Waals surface area (Å²) < 4.78 is 8.09. The number of aryl methyl sites for hydroxylation is 2. The van der Waals surface area contributed by atoms with Gasteiger partial charge in [0.1, 0.15) is 10.7 Å². The molecular weight excluding hydrogens is 444 g/mol. The molecule has 0 bridgehead atoms. The van der Waals surface area contributed by atoms with E-state index in [0.29, 0.717) is 45.5 Å². The molecular formula is C23H24N4O3S2. The van der Waals surface area contributed by atoms with E-state index in [1.807, 2.05) is 31.2 Å². The number of ether oxygens (including phenoxy) is 1. The van der Waals surface area contributed by atoms with Gasteiger partial charge < -0.3 is 4.74 Å². The average Bonchev–Trinajstić information content (AvgIpc) is 3.26. The van der Waals surface area contributed by atoms with Gasteiger partial charge in [-0.2, -0.15) is 0 Å². The predicted octanol–water partition coefficient (Wildman–Crippen LogP) is 4.40. The van der Waals surface area contributed by atoms with Gasteiger partial charge in [0.25, 0.3) is 11.5 Å². The Hall–Kier alpha value is -2.62. The van der Waals surface area contributed by atoms with Crippen molar-refractivity contribution in [1.82, 2.24) is 14.5 Å². The number of para-hydroxylation sites is 1. The molecule has 0 fully saturated rings. The minimum atomic E-state index is -0.166. The molecule has 5 rings (SSSR count). The summed E-state index contributed by atoms with van der Waals surface area (Å²) in [6.07, 6.45) is 3.93. The highest BCUT2D eigenvalue weighted by molar-refractivity contribution is 7.23. The summed E-state index contributed by atoms with van der Waals surface area (Å²) in [6, 6.07) is 7.84. The summed E-state index contributed by atoms with van der Waals surface area (Å²) in [4.78, 5) is 39.3. The Morgan fingerprint density at radius 1 is 1.19 bits per heavy atom. The number of thiophene rings is 1. The van der Waals surface area contributed by atoms with Gasteiger partial charge in [-0.15, -0.1) is 11.3 Å². The first-order valence-corrected chi connectivity index (χ1v) is 12.4. The second-order valence-electron chi connectivity index (χ2n) is 7.95. The van der Waals surface area contributed by atoms with Crippen LogP contribution in [0.15, 0.2) is 29.1 Å². The second-order valence-corrected chi connectivity index (χ2v) is 9.95. The fourth-order valence-electron chi connectivity index (χ4n) is 4.18. The lowest BCUT2D eigenvalue weighted by atomic mass is 10.2. The van der Waals surface area contributed by atoms with E-state index in [-0.39, 0.29) is 11.5 Å². The minimum Gasteiger partial charge on any atom is -0.383 e. The van der Waals surface area contributed by atoms with Gasteiger partial charge >= 0.3 is 0 Å². The average molecular weight is 469 g/mol. The van der Waals surface area contributed by atoms with Crippen LogP contribution >= 0.6 is 22.7 Å². The molecule has 0 saturated carbocycles. The van der Waals surface area contributed by atoms with E-state index in [9.17, 15) is 9.59 Å². The molecule has 4 heterocycles. The number of carbonyl (C=O) groups is 1. The number of anilines is 1. The van der Waals surface area contributed by atoms with Crippen LogP contribution in [-0.2, 0) is 17.7 Å². The lowest BCUT2D eigenvalue weighted by Gasteiger charge is -2.19. The number of amides is 1. The molecule has 1 aliphatic rings. The van der Waals surface area contributed by atoms with Gasteiger partial charge in [0.15, 0.2) is 5.13 Å². The molecule has 1 aromatic carbocycles. The Balaban J connectivity index is 1.60. The summed E-state index contributed by atoms with van der Waals surface area (Å²) >= 11 is 2.79. The van der Waals surface area contributed by atoms with Gasteiger partial charge in [-0.25, -0.2) is 9.97 Å². The van der Waals surface area contributed by atoms with E-state index in [1.54, 1.807) is 16.6 Å². The van der Waals surface area contributed by atoms with Crippen molar-refractivity contribution < 1.29 is 9.53 Å². The van der Waals surface area contributed by atoms with E-state index in [2.05, 4.69) is 4.98 Å². The second kappa shape index (κ2) is 8.73. The van der Waals surface area contributed by atoms with Crippen LogP contribution in [-0.4, -0.2) is 40.7 Å². The normalized spacial score (nSPS) is 13.9. The van der Waals surface area contributed by atoms with Crippen LogP contribution in [0.4, 0.5) is 5.13 Å². The van der Waals surface area contributed by atoms with Crippen molar-refractivity contribution in [2.24, 2.45) is 0 Å². The lowest BCUT2D eigenvalue weighted by Crippen LogP contribution is -2.33. The van der Waals surface area contributed by atoms with Crippen LogP contribution in [0, 0.1) is 6.92 Å². The zero-order chi connectivity index (χ0) is 22.2. The molecule has 9 heteroatoms. The third kappa shape index (κ3) is 3.64. The third-order valence-corrected chi connectivity index (χ3v) is 8.12. The summed E-state index contributed by atoms with van der Waals surface area (Å²) in [5.74, 6) is 0.670.